The molecule has 4 rings (SSSR count). The largest absolute Gasteiger partial charge is 0.468 e. The molecule has 2 atom stereocenters. The van der Waals surface area contributed by atoms with Crippen molar-refractivity contribution < 1.29 is 9.53 Å². The normalized spacial score (nSPS) is 22.4. The number of ether oxygens (including phenoxy) is 1. The molecule has 0 fully saturated rings. The Morgan fingerprint density at radius 1 is 1.09 bits per heavy atom. The van der Waals surface area contributed by atoms with Crippen LogP contribution in [0.2, 0.25) is 0 Å². The predicted octanol–water partition coefficient (Wildman–Crippen LogP) is 3.87. The van der Waals surface area contributed by atoms with E-state index in [0.29, 0.717) is 0 Å². The van der Waals surface area contributed by atoms with Gasteiger partial charge in [0.15, 0.2) is 12.0 Å². The molecular weight excluding hydrogens is 274 g/mol. The number of benzene rings is 2. The fourth-order valence-corrected chi connectivity index (χ4v) is 3.35. The monoisotopic (exact) mass is 291 g/mol. The highest BCUT2D eigenvalue weighted by Crippen LogP contribution is 2.45. The fourth-order valence-electron chi connectivity index (χ4n) is 3.35. The van der Waals surface area contributed by atoms with Crippen molar-refractivity contribution in [3.8, 4) is 5.75 Å². The Kier molecular flexibility index (Phi) is 3.00. The Balaban J connectivity index is 1.78. The van der Waals surface area contributed by atoms with Crippen LogP contribution in [0.5, 0.6) is 5.75 Å². The van der Waals surface area contributed by atoms with Crippen molar-refractivity contribution in [2.24, 2.45) is 0 Å². The number of anilines is 1. The minimum Gasteiger partial charge on any atom is -0.468 e. The number of allylic oxidation sites excluding steroid dienone is 1. The summed E-state index contributed by atoms with van der Waals surface area (Å²) in [6, 6.07) is 18.2. The van der Waals surface area contributed by atoms with Gasteiger partial charge < -0.3 is 9.64 Å². The number of hydrogen-bond donors (Lipinski definition) is 0. The lowest BCUT2D eigenvalue weighted by molar-refractivity contribution is -0.114. The van der Waals surface area contributed by atoms with E-state index in [1.807, 2.05) is 48.7 Å². The van der Waals surface area contributed by atoms with Gasteiger partial charge >= 0.3 is 0 Å². The molecule has 0 saturated heterocycles. The molecule has 0 spiro atoms. The van der Waals surface area contributed by atoms with E-state index in [1.165, 1.54) is 5.56 Å². The van der Waals surface area contributed by atoms with Crippen LogP contribution in [0, 0.1) is 0 Å². The third-order valence-electron chi connectivity index (χ3n) is 4.42. The molecule has 0 aliphatic carbocycles. The quantitative estimate of drug-likeness (QED) is 0.841. The third kappa shape index (κ3) is 2.01. The van der Waals surface area contributed by atoms with Crippen molar-refractivity contribution >= 4 is 11.5 Å². The lowest BCUT2D eigenvalue weighted by Crippen LogP contribution is -2.37. The van der Waals surface area contributed by atoms with Crippen LogP contribution in [0.1, 0.15) is 24.8 Å². The van der Waals surface area contributed by atoms with E-state index in [2.05, 4.69) is 17.0 Å². The molecule has 0 bridgehead atoms. The molecule has 0 saturated carbocycles. The van der Waals surface area contributed by atoms with E-state index in [9.17, 15) is 4.79 Å². The number of para-hydroxylation sites is 2. The molecule has 3 nitrogen and oxygen atoms in total. The van der Waals surface area contributed by atoms with Crippen molar-refractivity contribution in [3.63, 3.8) is 0 Å². The maximum atomic E-state index is 12.1. The number of ketones is 1. The Morgan fingerprint density at radius 3 is 2.59 bits per heavy atom. The van der Waals surface area contributed by atoms with Crippen LogP contribution in [0.25, 0.3) is 0 Å². The molecule has 0 amide bonds. The topological polar surface area (TPSA) is 29.5 Å². The van der Waals surface area contributed by atoms with Crippen molar-refractivity contribution in [1.29, 1.82) is 0 Å². The maximum Gasteiger partial charge on any atom is 0.177 e. The van der Waals surface area contributed by atoms with E-state index < -0.39 is 0 Å². The molecule has 0 radical (unpaired) electrons. The standard InChI is InChI=1S/C19H17NO2/c1-13(21)16-12-20-17-9-5-6-10-18(17)22-19(20)11-15(16)14-7-3-2-4-8-14/h2-10,12,15,19H,11H2,1H3/t15-,19+/m0/s1. The zero-order valence-electron chi connectivity index (χ0n) is 12.4. The fraction of sp³-hybridized carbons (Fsp3) is 0.211. The number of carbonyl (C=O) groups excluding carboxylic acids is 1. The van der Waals surface area contributed by atoms with Gasteiger partial charge in [0.2, 0.25) is 0 Å². The minimum atomic E-state index is -0.0364. The number of nitrogens with zero attached hydrogens (tertiary/aromatic N) is 1. The molecule has 2 aliphatic heterocycles. The summed E-state index contributed by atoms with van der Waals surface area (Å²) in [4.78, 5) is 14.2. The van der Waals surface area contributed by atoms with Gasteiger partial charge in [-0.05, 0) is 24.6 Å². The lowest BCUT2D eigenvalue weighted by Gasteiger charge is -2.33. The van der Waals surface area contributed by atoms with Crippen LogP contribution in [0.4, 0.5) is 5.69 Å². The number of hydrogen-bond acceptors (Lipinski definition) is 3. The molecule has 2 aromatic rings. The molecule has 2 aromatic carbocycles. The highest BCUT2D eigenvalue weighted by atomic mass is 16.5. The number of rotatable bonds is 2. The SMILES string of the molecule is CC(=O)C1=CN2c3ccccc3O[C@@H]2C[C@H]1c1ccccc1. The molecular formula is C19H17NO2. The maximum absolute atomic E-state index is 12.1. The number of carbonyl (C=O) groups is 1. The van der Waals surface area contributed by atoms with Gasteiger partial charge in [-0.25, -0.2) is 0 Å². The van der Waals surface area contributed by atoms with E-state index in [1.54, 1.807) is 6.92 Å². The van der Waals surface area contributed by atoms with Gasteiger partial charge in [0.05, 0.1) is 5.69 Å². The van der Waals surface area contributed by atoms with Crippen molar-refractivity contribution in [2.45, 2.75) is 25.5 Å². The average molecular weight is 291 g/mol. The molecule has 2 heterocycles. The van der Waals surface area contributed by atoms with Crippen LogP contribution < -0.4 is 9.64 Å². The average Bonchev–Trinajstić information content (AvgIpc) is 2.92. The van der Waals surface area contributed by atoms with Gasteiger partial charge in [-0.3, -0.25) is 4.79 Å². The first kappa shape index (κ1) is 13.1. The van der Waals surface area contributed by atoms with E-state index >= 15 is 0 Å². The highest BCUT2D eigenvalue weighted by Gasteiger charge is 2.38. The van der Waals surface area contributed by atoms with Gasteiger partial charge in [-0.2, -0.15) is 0 Å². The Hall–Kier alpha value is -2.55. The second-order valence-corrected chi connectivity index (χ2v) is 5.79. The second-order valence-electron chi connectivity index (χ2n) is 5.79. The molecule has 3 heteroatoms. The Morgan fingerprint density at radius 2 is 1.82 bits per heavy atom. The molecule has 110 valence electrons. The summed E-state index contributed by atoms with van der Waals surface area (Å²) < 4.78 is 6.06. The summed E-state index contributed by atoms with van der Waals surface area (Å²) in [5.74, 6) is 1.10. The lowest BCUT2D eigenvalue weighted by atomic mass is 9.84. The van der Waals surface area contributed by atoms with Crippen molar-refractivity contribution in [3.05, 3.63) is 71.9 Å². The molecule has 0 N–H and O–H groups in total. The summed E-state index contributed by atoms with van der Waals surface area (Å²) >= 11 is 0. The Labute approximate surface area is 129 Å². The van der Waals surface area contributed by atoms with E-state index in [4.69, 9.17) is 4.74 Å². The van der Waals surface area contributed by atoms with Crippen molar-refractivity contribution in [1.82, 2.24) is 0 Å². The zero-order chi connectivity index (χ0) is 15.1. The molecule has 2 aliphatic rings. The van der Waals surface area contributed by atoms with Crippen LogP contribution in [-0.4, -0.2) is 12.0 Å². The summed E-state index contributed by atoms with van der Waals surface area (Å²) in [5, 5.41) is 0. The number of Topliss-reactive ketones (excluding diaryl/α,β-unsaturated/α-hetero) is 1. The third-order valence-corrected chi connectivity index (χ3v) is 4.42. The van der Waals surface area contributed by atoms with Crippen LogP contribution in [0.15, 0.2) is 66.4 Å². The van der Waals surface area contributed by atoms with Crippen LogP contribution in [0.3, 0.4) is 0 Å². The van der Waals surface area contributed by atoms with Gasteiger partial charge in [-0.1, -0.05) is 42.5 Å². The van der Waals surface area contributed by atoms with Crippen LogP contribution in [-0.2, 0) is 4.79 Å². The molecule has 0 aromatic heterocycles. The van der Waals surface area contributed by atoms with Crippen molar-refractivity contribution in [2.75, 3.05) is 4.90 Å². The zero-order valence-corrected chi connectivity index (χ0v) is 12.4. The first-order valence-electron chi connectivity index (χ1n) is 7.55. The van der Waals surface area contributed by atoms with Crippen LogP contribution >= 0.6 is 0 Å². The highest BCUT2D eigenvalue weighted by molar-refractivity contribution is 5.96. The van der Waals surface area contributed by atoms with Gasteiger partial charge in [0, 0.05) is 24.1 Å². The van der Waals surface area contributed by atoms with E-state index in [0.717, 1.165) is 23.4 Å². The minimum absolute atomic E-state index is 0.0364. The first-order valence-corrected chi connectivity index (χ1v) is 7.55. The predicted molar refractivity (Wildman–Crippen MR) is 85.9 cm³/mol. The Bertz CT molecular complexity index is 751. The number of fused-ring (bicyclic) bond motifs is 3. The van der Waals surface area contributed by atoms with Gasteiger partial charge in [0.25, 0.3) is 0 Å². The summed E-state index contributed by atoms with van der Waals surface area (Å²) in [5.41, 5.74) is 3.06. The smallest absolute Gasteiger partial charge is 0.177 e. The summed E-state index contributed by atoms with van der Waals surface area (Å²) in [7, 11) is 0. The first-order chi connectivity index (χ1) is 10.7. The second kappa shape index (κ2) is 5.02. The van der Waals surface area contributed by atoms with E-state index in [-0.39, 0.29) is 17.9 Å². The van der Waals surface area contributed by atoms with Gasteiger partial charge in [0.1, 0.15) is 5.75 Å². The summed E-state index contributed by atoms with van der Waals surface area (Å²) in [6.45, 7) is 1.64. The molecule has 22 heavy (non-hydrogen) atoms. The van der Waals surface area contributed by atoms with Gasteiger partial charge in [-0.15, -0.1) is 0 Å². The molecule has 0 unspecified atom stereocenters. The summed E-state index contributed by atoms with van der Waals surface area (Å²) in [6.07, 6.45) is 2.72.